The van der Waals surface area contributed by atoms with Crippen molar-refractivity contribution in [2.75, 3.05) is 19.6 Å². The van der Waals surface area contributed by atoms with Crippen LogP contribution in [0.3, 0.4) is 0 Å². The second-order valence-electron chi connectivity index (χ2n) is 5.72. The fourth-order valence-electron chi connectivity index (χ4n) is 2.70. The van der Waals surface area contributed by atoms with Gasteiger partial charge in [-0.2, -0.15) is 13.2 Å². The van der Waals surface area contributed by atoms with Gasteiger partial charge >= 0.3 is 6.18 Å². The molecule has 1 aliphatic rings. The molecule has 1 aromatic rings. The van der Waals surface area contributed by atoms with Crippen molar-refractivity contribution in [3.05, 3.63) is 35.1 Å². The van der Waals surface area contributed by atoms with Crippen LogP contribution >= 0.6 is 0 Å². The second kappa shape index (κ2) is 6.84. The molecule has 1 fully saturated rings. The Morgan fingerprint density at radius 3 is 2.43 bits per heavy atom. The summed E-state index contributed by atoms with van der Waals surface area (Å²) in [4.78, 5) is 13.5. The Bertz CT molecular complexity index is 569. The van der Waals surface area contributed by atoms with Crippen molar-refractivity contribution >= 4 is 5.91 Å². The number of benzene rings is 1. The molecule has 0 bridgehead atoms. The van der Waals surface area contributed by atoms with Crippen molar-refractivity contribution in [2.45, 2.75) is 31.0 Å². The van der Waals surface area contributed by atoms with E-state index in [0.717, 1.165) is 12.1 Å². The molecule has 1 atom stereocenters. The Balaban J connectivity index is 2.18. The minimum Gasteiger partial charge on any atom is -0.393 e. The normalized spacial score (nSPS) is 18.8. The van der Waals surface area contributed by atoms with E-state index in [1.807, 2.05) is 4.90 Å². The van der Waals surface area contributed by atoms with Crippen LogP contribution in [0.15, 0.2) is 18.2 Å². The number of amides is 1. The number of rotatable bonds is 4. The molecule has 1 saturated heterocycles. The lowest BCUT2D eigenvalue weighted by Gasteiger charge is -2.31. The summed E-state index contributed by atoms with van der Waals surface area (Å²) in [6.07, 6.45) is -4.07. The first-order chi connectivity index (χ1) is 10.7. The average Bonchev–Trinajstić information content (AvgIpc) is 2.44. The number of nitrogens with zero attached hydrogens (tertiary/aromatic N) is 1. The molecule has 1 aromatic carbocycles. The van der Waals surface area contributed by atoms with Crippen molar-refractivity contribution in [1.29, 1.82) is 0 Å². The number of likely N-dealkylation sites (tertiary alicyclic amines) is 1. The average molecular weight is 334 g/mol. The summed E-state index contributed by atoms with van der Waals surface area (Å²) in [5, 5.41) is 9.46. The molecule has 1 amide bonds. The number of carbonyl (C=O) groups is 1. The summed E-state index contributed by atoms with van der Waals surface area (Å²) in [6, 6.07) is 2.43. The molecule has 1 aliphatic heterocycles. The zero-order valence-corrected chi connectivity index (χ0v) is 12.3. The van der Waals surface area contributed by atoms with E-state index < -0.39 is 29.4 Å². The van der Waals surface area contributed by atoms with E-state index >= 15 is 0 Å². The fraction of sp³-hybridized carbons (Fsp3) is 0.533. The molecule has 0 radical (unpaired) electrons. The van der Waals surface area contributed by atoms with Crippen LogP contribution in [0.4, 0.5) is 17.6 Å². The van der Waals surface area contributed by atoms with Crippen molar-refractivity contribution in [3.63, 3.8) is 0 Å². The molecule has 0 saturated carbocycles. The van der Waals surface area contributed by atoms with Gasteiger partial charge in [0, 0.05) is 19.6 Å². The van der Waals surface area contributed by atoms with Gasteiger partial charge in [-0.05, 0) is 30.5 Å². The molecule has 8 heteroatoms. The topological polar surface area (TPSA) is 66.6 Å². The Morgan fingerprint density at radius 2 is 1.96 bits per heavy atom. The van der Waals surface area contributed by atoms with Crippen LogP contribution in [0.5, 0.6) is 0 Å². The van der Waals surface area contributed by atoms with Crippen LogP contribution in [0, 0.1) is 5.82 Å². The Kier molecular flexibility index (Phi) is 5.26. The van der Waals surface area contributed by atoms with Gasteiger partial charge in [0.2, 0.25) is 5.91 Å². The molecule has 0 aliphatic carbocycles. The number of carbonyl (C=O) groups excluding carboxylic acids is 1. The maximum atomic E-state index is 13.7. The maximum Gasteiger partial charge on any atom is 0.419 e. The van der Waals surface area contributed by atoms with Gasteiger partial charge in [0.25, 0.3) is 0 Å². The van der Waals surface area contributed by atoms with Gasteiger partial charge in [-0.25, -0.2) is 4.39 Å². The SMILES string of the molecule is NC(=O)[C@H](CN1CCC(O)CC1)c1ccc(C(F)(F)F)c(F)c1. The van der Waals surface area contributed by atoms with Gasteiger partial charge in [-0.1, -0.05) is 6.07 Å². The number of hydrogen-bond donors (Lipinski definition) is 2. The number of halogens is 4. The Morgan fingerprint density at radius 1 is 1.35 bits per heavy atom. The highest BCUT2D eigenvalue weighted by Crippen LogP contribution is 2.33. The van der Waals surface area contributed by atoms with Crippen molar-refractivity contribution in [2.24, 2.45) is 5.73 Å². The van der Waals surface area contributed by atoms with Gasteiger partial charge in [-0.3, -0.25) is 4.79 Å². The summed E-state index contributed by atoms with van der Waals surface area (Å²) in [7, 11) is 0. The standard InChI is InChI=1S/C15H18F4N2O2/c16-13-7-9(1-2-12(13)15(17,18)19)11(14(20)23)8-21-5-3-10(22)4-6-21/h1-2,7,10-11,22H,3-6,8H2,(H2,20,23)/t11-/m1/s1. The highest BCUT2D eigenvalue weighted by atomic mass is 19.4. The zero-order valence-electron chi connectivity index (χ0n) is 12.3. The molecule has 23 heavy (non-hydrogen) atoms. The van der Waals surface area contributed by atoms with Crippen LogP contribution in [-0.4, -0.2) is 41.7 Å². The molecular weight excluding hydrogens is 316 g/mol. The summed E-state index contributed by atoms with van der Waals surface area (Å²) in [5.41, 5.74) is 4.08. The summed E-state index contributed by atoms with van der Waals surface area (Å²) in [6.45, 7) is 1.29. The molecule has 1 heterocycles. The molecule has 0 aromatic heterocycles. The van der Waals surface area contributed by atoms with Crippen molar-refractivity contribution in [3.8, 4) is 0 Å². The first-order valence-corrected chi connectivity index (χ1v) is 7.25. The van der Waals surface area contributed by atoms with Crippen LogP contribution in [0.25, 0.3) is 0 Å². The number of aliphatic hydroxyl groups is 1. The van der Waals surface area contributed by atoms with Gasteiger partial charge in [0.05, 0.1) is 17.6 Å². The zero-order chi connectivity index (χ0) is 17.2. The molecule has 2 rings (SSSR count). The number of hydrogen-bond acceptors (Lipinski definition) is 3. The van der Waals surface area contributed by atoms with E-state index in [1.165, 1.54) is 0 Å². The van der Waals surface area contributed by atoms with Gasteiger partial charge in [0.1, 0.15) is 5.82 Å². The van der Waals surface area contributed by atoms with E-state index in [2.05, 4.69) is 0 Å². The largest absolute Gasteiger partial charge is 0.419 e. The molecular formula is C15H18F4N2O2. The summed E-state index contributed by atoms with van der Waals surface area (Å²) < 4.78 is 51.4. The predicted molar refractivity (Wildman–Crippen MR) is 75.0 cm³/mol. The number of piperidine rings is 1. The molecule has 0 unspecified atom stereocenters. The smallest absolute Gasteiger partial charge is 0.393 e. The quantitative estimate of drug-likeness (QED) is 0.826. The monoisotopic (exact) mass is 334 g/mol. The molecule has 128 valence electrons. The first-order valence-electron chi connectivity index (χ1n) is 7.25. The highest BCUT2D eigenvalue weighted by Gasteiger charge is 2.35. The predicted octanol–water partition coefficient (Wildman–Crippen LogP) is 1.87. The fourth-order valence-corrected chi connectivity index (χ4v) is 2.70. The van der Waals surface area contributed by atoms with E-state index in [9.17, 15) is 27.5 Å². The summed E-state index contributed by atoms with van der Waals surface area (Å²) in [5.74, 6) is -3.05. The van der Waals surface area contributed by atoms with E-state index in [4.69, 9.17) is 5.73 Å². The molecule has 4 nitrogen and oxygen atoms in total. The number of alkyl halides is 3. The highest BCUT2D eigenvalue weighted by molar-refractivity contribution is 5.82. The van der Waals surface area contributed by atoms with Gasteiger partial charge in [0.15, 0.2) is 0 Å². The van der Waals surface area contributed by atoms with E-state index in [1.54, 1.807) is 0 Å². The Labute approximate surface area is 130 Å². The molecule has 3 N–H and O–H groups in total. The minimum absolute atomic E-state index is 0.120. The lowest BCUT2D eigenvalue weighted by atomic mass is 9.95. The van der Waals surface area contributed by atoms with Crippen LogP contribution in [-0.2, 0) is 11.0 Å². The van der Waals surface area contributed by atoms with Crippen LogP contribution < -0.4 is 5.73 Å². The third kappa shape index (κ3) is 4.42. The minimum atomic E-state index is -4.78. The van der Waals surface area contributed by atoms with Crippen molar-refractivity contribution < 1.29 is 27.5 Å². The number of primary amides is 1. The van der Waals surface area contributed by atoms with Crippen molar-refractivity contribution in [1.82, 2.24) is 4.90 Å². The molecule has 0 spiro atoms. The third-order valence-corrected chi connectivity index (χ3v) is 4.04. The lowest BCUT2D eigenvalue weighted by Crippen LogP contribution is -2.41. The number of aliphatic hydroxyl groups excluding tert-OH is 1. The first kappa shape index (κ1) is 17.7. The second-order valence-corrected chi connectivity index (χ2v) is 5.72. The van der Waals surface area contributed by atoms with Crippen LogP contribution in [0.1, 0.15) is 29.9 Å². The summed E-state index contributed by atoms with van der Waals surface area (Å²) >= 11 is 0. The third-order valence-electron chi connectivity index (χ3n) is 4.04. The van der Waals surface area contributed by atoms with Gasteiger partial charge in [-0.15, -0.1) is 0 Å². The van der Waals surface area contributed by atoms with E-state index in [-0.39, 0.29) is 18.2 Å². The Hall–Kier alpha value is -1.67. The van der Waals surface area contributed by atoms with E-state index in [0.29, 0.717) is 32.0 Å². The maximum absolute atomic E-state index is 13.7. The number of nitrogens with two attached hydrogens (primary N) is 1. The van der Waals surface area contributed by atoms with Gasteiger partial charge < -0.3 is 15.7 Å². The van der Waals surface area contributed by atoms with Crippen LogP contribution in [0.2, 0.25) is 0 Å². The lowest BCUT2D eigenvalue weighted by molar-refractivity contribution is -0.140.